The second-order valence-electron chi connectivity index (χ2n) is 4.29. The molecule has 0 atom stereocenters. The van der Waals surface area contributed by atoms with Crippen LogP contribution < -0.4 is 0 Å². The predicted molar refractivity (Wildman–Crippen MR) is 63.3 cm³/mol. The smallest absolute Gasteiger partial charge is 0.309 e. The van der Waals surface area contributed by atoms with E-state index in [1.807, 2.05) is 31.2 Å². The summed E-state index contributed by atoms with van der Waals surface area (Å²) in [5, 5.41) is 8.95. The molecule has 1 aromatic carbocycles. The molecular weight excluding hydrogens is 208 g/mol. The van der Waals surface area contributed by atoms with Crippen LogP contribution in [0.15, 0.2) is 29.2 Å². The van der Waals surface area contributed by atoms with E-state index in [9.17, 15) is 4.79 Å². The van der Waals surface area contributed by atoms with Crippen molar-refractivity contribution < 1.29 is 9.90 Å². The number of aliphatic carboxylic acids is 1. The molecule has 1 rings (SSSR count). The fourth-order valence-corrected chi connectivity index (χ4v) is 1.94. The van der Waals surface area contributed by atoms with E-state index in [1.165, 1.54) is 5.56 Å². The third-order valence-electron chi connectivity index (χ3n) is 2.20. The zero-order valence-corrected chi connectivity index (χ0v) is 10.1. The van der Waals surface area contributed by atoms with Gasteiger partial charge >= 0.3 is 5.97 Å². The molecule has 0 spiro atoms. The minimum absolute atomic E-state index is 0.589. The minimum atomic E-state index is -0.748. The number of thioether (sulfide) groups is 1. The van der Waals surface area contributed by atoms with Gasteiger partial charge in [-0.3, -0.25) is 4.79 Å². The fraction of sp³-hybridized carbons (Fsp3) is 0.417. The number of aryl methyl sites for hydroxylation is 1. The van der Waals surface area contributed by atoms with Crippen LogP contribution in [-0.4, -0.2) is 16.8 Å². The lowest BCUT2D eigenvalue weighted by Gasteiger charge is -2.18. The van der Waals surface area contributed by atoms with Gasteiger partial charge in [0.25, 0.3) is 0 Å². The summed E-state index contributed by atoms with van der Waals surface area (Å²) in [6.45, 7) is 5.53. The number of benzene rings is 1. The minimum Gasteiger partial charge on any atom is -0.481 e. The van der Waals surface area contributed by atoms with Crippen LogP contribution in [0.5, 0.6) is 0 Å². The van der Waals surface area contributed by atoms with Crippen LogP contribution in [0.1, 0.15) is 19.4 Å². The lowest BCUT2D eigenvalue weighted by atomic mass is 9.97. The summed E-state index contributed by atoms with van der Waals surface area (Å²) in [5.74, 6) is -0.159. The van der Waals surface area contributed by atoms with Gasteiger partial charge in [0.1, 0.15) is 0 Å². The van der Waals surface area contributed by atoms with E-state index in [1.54, 1.807) is 25.6 Å². The van der Waals surface area contributed by atoms with Gasteiger partial charge in [-0.25, -0.2) is 0 Å². The first-order chi connectivity index (χ1) is 6.92. The molecule has 1 aromatic rings. The summed E-state index contributed by atoms with van der Waals surface area (Å²) >= 11 is 1.58. The molecule has 0 bridgehead atoms. The number of carboxylic acids is 1. The van der Waals surface area contributed by atoms with Crippen LogP contribution in [0.25, 0.3) is 0 Å². The van der Waals surface area contributed by atoms with Crippen molar-refractivity contribution in [3.8, 4) is 0 Å². The molecule has 0 saturated carbocycles. The first kappa shape index (κ1) is 12.1. The van der Waals surface area contributed by atoms with Crippen LogP contribution in [0.2, 0.25) is 0 Å². The quantitative estimate of drug-likeness (QED) is 0.798. The van der Waals surface area contributed by atoms with Gasteiger partial charge in [-0.2, -0.15) is 0 Å². The average molecular weight is 224 g/mol. The van der Waals surface area contributed by atoms with Crippen molar-refractivity contribution in [2.45, 2.75) is 25.7 Å². The number of carbonyl (C=O) groups is 1. The van der Waals surface area contributed by atoms with Gasteiger partial charge in [-0.1, -0.05) is 17.7 Å². The second kappa shape index (κ2) is 4.71. The molecule has 0 heterocycles. The maximum atomic E-state index is 10.9. The third-order valence-corrected chi connectivity index (χ3v) is 3.67. The topological polar surface area (TPSA) is 37.3 Å². The van der Waals surface area contributed by atoms with Crippen molar-refractivity contribution in [3.63, 3.8) is 0 Å². The van der Waals surface area contributed by atoms with Crippen LogP contribution in [0.3, 0.4) is 0 Å². The Morgan fingerprint density at radius 1 is 1.33 bits per heavy atom. The third kappa shape index (κ3) is 3.59. The van der Waals surface area contributed by atoms with E-state index in [-0.39, 0.29) is 0 Å². The van der Waals surface area contributed by atoms with Gasteiger partial charge in [0.2, 0.25) is 0 Å². The first-order valence-electron chi connectivity index (χ1n) is 4.85. The Kier molecular flexibility index (Phi) is 3.80. The molecule has 0 radical (unpaired) electrons. The maximum Gasteiger partial charge on any atom is 0.309 e. The van der Waals surface area contributed by atoms with E-state index < -0.39 is 11.4 Å². The molecule has 0 aliphatic heterocycles. The molecule has 0 aliphatic rings. The molecule has 0 unspecified atom stereocenters. The van der Waals surface area contributed by atoms with Gasteiger partial charge in [0.15, 0.2) is 0 Å². The molecular formula is C12H16O2S. The first-order valence-corrected chi connectivity index (χ1v) is 5.83. The molecule has 0 aromatic heterocycles. The number of hydrogen-bond acceptors (Lipinski definition) is 2. The largest absolute Gasteiger partial charge is 0.481 e. The van der Waals surface area contributed by atoms with Crippen molar-refractivity contribution in [2.75, 3.05) is 5.75 Å². The molecule has 82 valence electrons. The van der Waals surface area contributed by atoms with Crippen LogP contribution in [0.4, 0.5) is 0 Å². The highest BCUT2D eigenvalue weighted by molar-refractivity contribution is 7.99. The van der Waals surface area contributed by atoms with E-state index >= 15 is 0 Å². The molecule has 0 amide bonds. The number of rotatable bonds is 4. The van der Waals surface area contributed by atoms with Crippen LogP contribution in [0, 0.1) is 12.3 Å². The summed E-state index contributed by atoms with van der Waals surface area (Å²) in [6, 6.07) is 8.13. The average Bonchev–Trinajstić information content (AvgIpc) is 2.17. The monoisotopic (exact) mass is 224 g/mol. The van der Waals surface area contributed by atoms with Crippen molar-refractivity contribution in [1.29, 1.82) is 0 Å². The summed E-state index contributed by atoms with van der Waals surface area (Å²) in [7, 11) is 0. The number of hydrogen-bond donors (Lipinski definition) is 1. The van der Waals surface area contributed by atoms with Gasteiger partial charge in [-0.05, 0) is 32.9 Å². The zero-order chi connectivity index (χ0) is 11.5. The molecule has 1 N–H and O–H groups in total. The highest BCUT2D eigenvalue weighted by Crippen LogP contribution is 2.27. The Morgan fingerprint density at radius 3 is 2.33 bits per heavy atom. The van der Waals surface area contributed by atoms with E-state index in [4.69, 9.17) is 5.11 Å². The normalized spacial score (nSPS) is 11.4. The van der Waals surface area contributed by atoms with Crippen molar-refractivity contribution in [2.24, 2.45) is 5.41 Å². The summed E-state index contributed by atoms with van der Waals surface area (Å²) in [5.41, 5.74) is 0.548. The van der Waals surface area contributed by atoms with Crippen molar-refractivity contribution >= 4 is 17.7 Å². The molecule has 0 saturated heterocycles. The predicted octanol–water partition coefficient (Wildman–Crippen LogP) is 3.20. The maximum absolute atomic E-state index is 10.9. The second-order valence-corrected chi connectivity index (χ2v) is 5.34. The van der Waals surface area contributed by atoms with Crippen molar-refractivity contribution in [3.05, 3.63) is 29.8 Å². The Bertz CT molecular complexity index is 341. The molecule has 0 aliphatic carbocycles. The van der Waals surface area contributed by atoms with Gasteiger partial charge in [-0.15, -0.1) is 11.8 Å². The lowest BCUT2D eigenvalue weighted by Crippen LogP contribution is -2.26. The number of carboxylic acid groups (broad SMARTS) is 1. The summed E-state index contributed by atoms with van der Waals surface area (Å²) < 4.78 is 0. The highest BCUT2D eigenvalue weighted by atomic mass is 32.2. The van der Waals surface area contributed by atoms with Crippen LogP contribution in [-0.2, 0) is 4.79 Å². The standard InChI is InChI=1S/C12H16O2S/c1-9-4-6-10(7-5-9)15-8-12(2,3)11(13)14/h4-7H,8H2,1-3H3,(H,13,14). The zero-order valence-electron chi connectivity index (χ0n) is 9.28. The molecule has 3 heteroatoms. The van der Waals surface area contributed by atoms with E-state index in [0.29, 0.717) is 5.75 Å². The van der Waals surface area contributed by atoms with Crippen molar-refractivity contribution in [1.82, 2.24) is 0 Å². The van der Waals surface area contributed by atoms with Gasteiger partial charge < -0.3 is 5.11 Å². The Balaban J connectivity index is 2.57. The molecule has 0 fully saturated rings. The summed E-state index contributed by atoms with van der Waals surface area (Å²) in [6.07, 6.45) is 0. The Morgan fingerprint density at radius 2 is 1.87 bits per heavy atom. The fourth-order valence-electron chi connectivity index (χ4n) is 0.960. The lowest BCUT2D eigenvalue weighted by molar-refractivity contribution is -0.145. The van der Waals surface area contributed by atoms with Crippen LogP contribution >= 0.6 is 11.8 Å². The van der Waals surface area contributed by atoms with E-state index in [2.05, 4.69) is 0 Å². The SMILES string of the molecule is Cc1ccc(SCC(C)(C)C(=O)O)cc1. The molecule has 2 nitrogen and oxygen atoms in total. The molecule has 15 heavy (non-hydrogen) atoms. The summed E-state index contributed by atoms with van der Waals surface area (Å²) in [4.78, 5) is 12.0. The van der Waals surface area contributed by atoms with Gasteiger partial charge in [0, 0.05) is 10.6 Å². The van der Waals surface area contributed by atoms with E-state index in [0.717, 1.165) is 4.90 Å². The Hall–Kier alpha value is -0.960. The highest BCUT2D eigenvalue weighted by Gasteiger charge is 2.26. The Labute approximate surface area is 94.7 Å². The van der Waals surface area contributed by atoms with Gasteiger partial charge in [0.05, 0.1) is 5.41 Å².